The van der Waals surface area contributed by atoms with E-state index in [1.807, 2.05) is 26.8 Å². The number of allylic oxidation sites excluding steroid dienone is 4. The van der Waals surface area contributed by atoms with E-state index >= 15 is 0 Å². The first-order valence-electron chi connectivity index (χ1n) is 11.3. The highest BCUT2D eigenvalue weighted by Gasteiger charge is 2.35. The van der Waals surface area contributed by atoms with Crippen molar-refractivity contribution in [3.05, 3.63) is 58.7 Å². The summed E-state index contributed by atoms with van der Waals surface area (Å²) in [5.74, 6) is 0.284. The third-order valence-electron chi connectivity index (χ3n) is 5.41. The van der Waals surface area contributed by atoms with Crippen LogP contribution in [0.1, 0.15) is 64.5 Å². The molecule has 1 fully saturated rings. The molecule has 1 aliphatic heterocycles. The fraction of sp³-hybridized carbons (Fsp3) is 0.500. The van der Waals surface area contributed by atoms with Crippen molar-refractivity contribution in [2.75, 3.05) is 20.3 Å². The van der Waals surface area contributed by atoms with Crippen molar-refractivity contribution in [1.29, 1.82) is 0 Å². The summed E-state index contributed by atoms with van der Waals surface area (Å²) in [7, 11) is 1.53. The van der Waals surface area contributed by atoms with Gasteiger partial charge in [0.2, 0.25) is 5.90 Å². The van der Waals surface area contributed by atoms with Crippen molar-refractivity contribution < 1.29 is 22.6 Å². The summed E-state index contributed by atoms with van der Waals surface area (Å²) in [6, 6.07) is 4.03. The summed E-state index contributed by atoms with van der Waals surface area (Å²) >= 11 is 0. The maximum Gasteiger partial charge on any atom is 0.419 e. The van der Waals surface area contributed by atoms with Crippen LogP contribution in [0.4, 0.5) is 13.2 Å². The van der Waals surface area contributed by atoms with E-state index in [1.54, 1.807) is 19.1 Å². The van der Waals surface area contributed by atoms with Crippen LogP contribution < -0.4 is 10.1 Å². The smallest absolute Gasteiger partial charge is 0.419 e. The van der Waals surface area contributed by atoms with Gasteiger partial charge in [-0.05, 0) is 84.2 Å². The van der Waals surface area contributed by atoms with E-state index in [-0.39, 0.29) is 18.4 Å². The van der Waals surface area contributed by atoms with E-state index in [0.717, 1.165) is 43.9 Å². The van der Waals surface area contributed by atoms with Gasteiger partial charge in [-0.15, -0.1) is 0 Å². The number of hydrogen-bond donors (Lipinski definition) is 1. The predicted octanol–water partition coefficient (Wildman–Crippen LogP) is 6.93. The van der Waals surface area contributed by atoms with Crippen molar-refractivity contribution in [2.45, 2.75) is 65.6 Å². The lowest BCUT2D eigenvalue weighted by Crippen LogP contribution is -2.32. The van der Waals surface area contributed by atoms with E-state index in [9.17, 15) is 13.2 Å². The fourth-order valence-electron chi connectivity index (χ4n) is 3.58. The van der Waals surface area contributed by atoms with Gasteiger partial charge in [-0.3, -0.25) is 0 Å². The first kappa shape index (κ1) is 26.7. The van der Waals surface area contributed by atoms with Gasteiger partial charge in [0, 0.05) is 5.56 Å². The van der Waals surface area contributed by atoms with E-state index in [1.165, 1.54) is 18.7 Å². The molecule has 1 N–H and O–H groups in total. The van der Waals surface area contributed by atoms with E-state index < -0.39 is 11.7 Å². The second-order valence-corrected chi connectivity index (χ2v) is 8.37. The number of aliphatic imine (C=N–C) groups is 1. The van der Waals surface area contributed by atoms with Crippen LogP contribution in [-0.2, 0) is 10.9 Å². The normalized spacial score (nSPS) is 17.8. The monoisotopic (exact) mass is 464 g/mol. The van der Waals surface area contributed by atoms with Gasteiger partial charge < -0.3 is 14.8 Å². The molecule has 0 spiro atoms. The van der Waals surface area contributed by atoms with E-state index in [0.29, 0.717) is 17.2 Å². The lowest BCUT2D eigenvalue weighted by atomic mass is 10.1. The van der Waals surface area contributed by atoms with Crippen molar-refractivity contribution in [3.8, 4) is 5.75 Å². The number of nitrogens with one attached hydrogen (secondary N) is 1. The maximum absolute atomic E-state index is 13.8. The molecule has 0 aromatic heterocycles. The number of benzene rings is 1. The average Bonchev–Trinajstić information content (AvgIpc) is 3.28. The van der Waals surface area contributed by atoms with Gasteiger partial charge >= 0.3 is 6.18 Å². The summed E-state index contributed by atoms with van der Waals surface area (Å²) in [5, 5.41) is 3.29. The van der Waals surface area contributed by atoms with Crippen molar-refractivity contribution >= 4 is 11.6 Å². The number of methoxy groups -OCH3 is 1. The summed E-state index contributed by atoms with van der Waals surface area (Å²) in [6.07, 6.45) is 4.73. The molecular weight excluding hydrogens is 429 g/mol. The van der Waals surface area contributed by atoms with Crippen molar-refractivity contribution in [2.24, 2.45) is 4.99 Å². The Labute approximate surface area is 195 Å². The Kier molecular flexibility index (Phi) is 10.2. The molecular formula is C26H35F3N2O2. The molecule has 1 aromatic carbocycles. The number of nitrogens with zero attached hydrogens (tertiary/aromatic N) is 1. The fourth-order valence-corrected chi connectivity index (χ4v) is 3.58. The van der Waals surface area contributed by atoms with Gasteiger partial charge in [-0.25, -0.2) is 4.99 Å². The minimum absolute atomic E-state index is 0.0265. The average molecular weight is 465 g/mol. The Morgan fingerprint density at radius 2 is 1.97 bits per heavy atom. The SMILES string of the molecule is C/C=C(\N=C(/OC)C1CCCN1)c1ccc(OC/C=C(\C)CCC=C(C)C)c(C(F)(F)F)c1. The molecule has 0 saturated carbocycles. The lowest BCUT2D eigenvalue weighted by Gasteiger charge is -2.16. The van der Waals surface area contributed by atoms with E-state index in [2.05, 4.69) is 16.4 Å². The van der Waals surface area contributed by atoms with Crippen LogP contribution >= 0.6 is 0 Å². The number of halogens is 3. The molecule has 0 bridgehead atoms. The minimum Gasteiger partial charge on any atom is -0.489 e. The summed E-state index contributed by atoms with van der Waals surface area (Å²) in [4.78, 5) is 4.52. The van der Waals surface area contributed by atoms with Crippen LogP contribution in [-0.4, -0.2) is 32.2 Å². The third kappa shape index (κ3) is 8.39. The van der Waals surface area contributed by atoms with Crippen LogP contribution in [0.3, 0.4) is 0 Å². The van der Waals surface area contributed by atoms with Crippen molar-refractivity contribution in [3.63, 3.8) is 0 Å². The number of hydrogen-bond acceptors (Lipinski definition) is 4. The first-order chi connectivity index (χ1) is 15.7. The predicted molar refractivity (Wildman–Crippen MR) is 128 cm³/mol. The van der Waals surface area contributed by atoms with Crippen LogP contribution in [0.2, 0.25) is 0 Å². The molecule has 4 nitrogen and oxygen atoms in total. The maximum atomic E-state index is 13.8. The highest BCUT2D eigenvalue weighted by atomic mass is 19.4. The second-order valence-electron chi connectivity index (χ2n) is 8.37. The molecule has 1 unspecified atom stereocenters. The summed E-state index contributed by atoms with van der Waals surface area (Å²) in [6.45, 7) is 8.73. The zero-order chi connectivity index (χ0) is 24.4. The highest BCUT2D eigenvalue weighted by molar-refractivity contribution is 5.88. The number of alkyl halides is 3. The zero-order valence-electron chi connectivity index (χ0n) is 20.2. The number of rotatable bonds is 9. The minimum atomic E-state index is -4.55. The van der Waals surface area contributed by atoms with Gasteiger partial charge in [0.1, 0.15) is 12.4 Å². The van der Waals surface area contributed by atoms with Crippen LogP contribution in [0.15, 0.2) is 52.6 Å². The van der Waals surface area contributed by atoms with Crippen LogP contribution in [0, 0.1) is 0 Å². The largest absolute Gasteiger partial charge is 0.489 e. The van der Waals surface area contributed by atoms with Gasteiger partial charge in [-0.2, -0.15) is 13.2 Å². The molecule has 2 rings (SSSR count). The molecule has 0 amide bonds. The third-order valence-corrected chi connectivity index (χ3v) is 5.41. The van der Waals surface area contributed by atoms with Crippen LogP contribution in [0.25, 0.3) is 5.70 Å². The van der Waals surface area contributed by atoms with Gasteiger partial charge in [0.05, 0.1) is 24.4 Å². The zero-order valence-corrected chi connectivity index (χ0v) is 20.2. The van der Waals surface area contributed by atoms with Gasteiger partial charge in [0.15, 0.2) is 0 Å². The van der Waals surface area contributed by atoms with Crippen molar-refractivity contribution in [1.82, 2.24) is 5.32 Å². The Bertz CT molecular complexity index is 905. The Hall–Kier alpha value is -2.54. The Morgan fingerprint density at radius 3 is 2.55 bits per heavy atom. The topological polar surface area (TPSA) is 42.8 Å². The standard InChI is InChI=1S/C26H35F3N2O2/c1-6-22(31-25(32-5)23-11-8-15-30-23)20-12-13-24(21(17-20)26(27,28)29)33-16-14-19(4)10-7-9-18(2)3/h6,9,12-14,17,23,30H,7-8,10-11,15-16H2,1-5H3/b19-14+,22-6-,31-25-. The first-order valence-corrected chi connectivity index (χ1v) is 11.3. The Morgan fingerprint density at radius 1 is 1.21 bits per heavy atom. The summed E-state index contributed by atoms with van der Waals surface area (Å²) < 4.78 is 52.3. The molecule has 1 saturated heterocycles. The van der Waals surface area contributed by atoms with Gasteiger partial charge in [-0.1, -0.05) is 23.3 Å². The Balaban J connectivity index is 2.22. The molecule has 1 heterocycles. The molecule has 0 radical (unpaired) electrons. The number of ether oxygens (including phenoxy) is 2. The highest BCUT2D eigenvalue weighted by Crippen LogP contribution is 2.38. The summed E-state index contributed by atoms with van der Waals surface area (Å²) in [5.41, 5.74) is 2.29. The van der Waals surface area contributed by atoms with E-state index in [4.69, 9.17) is 9.47 Å². The lowest BCUT2D eigenvalue weighted by molar-refractivity contribution is -0.138. The molecule has 182 valence electrons. The van der Waals surface area contributed by atoms with Gasteiger partial charge in [0.25, 0.3) is 0 Å². The molecule has 1 aliphatic rings. The molecule has 1 aromatic rings. The van der Waals surface area contributed by atoms with Crippen LogP contribution in [0.5, 0.6) is 5.75 Å². The second kappa shape index (κ2) is 12.6. The quantitative estimate of drug-likeness (QED) is 0.245. The molecule has 7 heteroatoms. The molecule has 1 atom stereocenters. The molecule has 0 aliphatic carbocycles. The molecule has 33 heavy (non-hydrogen) atoms.